The fourth-order valence-electron chi connectivity index (χ4n) is 1.59. The molecule has 0 unspecified atom stereocenters. The van der Waals surface area contributed by atoms with Gasteiger partial charge in [-0.15, -0.1) is 0 Å². The van der Waals surface area contributed by atoms with E-state index in [1.807, 2.05) is 12.1 Å². The third-order valence-electron chi connectivity index (χ3n) is 2.72. The summed E-state index contributed by atoms with van der Waals surface area (Å²) >= 11 is 0. The van der Waals surface area contributed by atoms with Gasteiger partial charge in [0, 0.05) is 25.5 Å². The Morgan fingerprint density at radius 3 is 2.74 bits per heavy atom. The van der Waals surface area contributed by atoms with Crippen molar-refractivity contribution in [1.82, 2.24) is 15.2 Å². The lowest BCUT2D eigenvalue weighted by Gasteiger charge is -2.21. The number of nitrogens with two attached hydrogens (primary N) is 1. The van der Waals surface area contributed by atoms with Crippen LogP contribution in [0.4, 0.5) is 4.79 Å². The Morgan fingerprint density at radius 2 is 2.16 bits per heavy atom. The molecule has 0 bridgehead atoms. The highest BCUT2D eigenvalue weighted by atomic mass is 16.2. The van der Waals surface area contributed by atoms with Crippen LogP contribution >= 0.6 is 0 Å². The molecule has 0 spiro atoms. The van der Waals surface area contributed by atoms with Crippen molar-refractivity contribution in [1.29, 1.82) is 5.41 Å². The smallest absolute Gasteiger partial charge is 0.324 e. The topological polar surface area (TPSA) is 95.1 Å². The number of pyridine rings is 1. The molecule has 0 radical (unpaired) electrons. The van der Waals surface area contributed by atoms with E-state index in [1.54, 1.807) is 12.4 Å². The number of amides is 2. The molecular weight excluding hydrogens is 242 g/mol. The first kappa shape index (κ1) is 14.9. The second-order valence-corrected chi connectivity index (χ2v) is 4.23. The molecule has 2 amide bonds. The highest BCUT2D eigenvalue weighted by molar-refractivity contribution is 5.93. The maximum absolute atomic E-state index is 11.9. The fourth-order valence-corrected chi connectivity index (χ4v) is 1.59. The van der Waals surface area contributed by atoms with Crippen molar-refractivity contribution < 1.29 is 4.79 Å². The number of nitrogens with zero attached hydrogens (tertiary/aromatic N) is 2. The summed E-state index contributed by atoms with van der Waals surface area (Å²) in [6.45, 7) is 3.05. The number of aromatic nitrogens is 1. The number of unbranched alkanes of at least 4 members (excludes halogenated alkanes) is 1. The second-order valence-electron chi connectivity index (χ2n) is 4.23. The van der Waals surface area contributed by atoms with E-state index >= 15 is 0 Å². The predicted molar refractivity (Wildman–Crippen MR) is 74.9 cm³/mol. The Hall–Kier alpha value is -2.11. The van der Waals surface area contributed by atoms with E-state index in [0.717, 1.165) is 18.4 Å². The van der Waals surface area contributed by atoms with Gasteiger partial charge in [-0.2, -0.15) is 0 Å². The van der Waals surface area contributed by atoms with E-state index in [4.69, 9.17) is 11.1 Å². The fraction of sp³-hybridized carbons (Fsp3) is 0.462. The summed E-state index contributed by atoms with van der Waals surface area (Å²) in [6.07, 6.45) is 5.98. The number of rotatable bonds is 6. The number of carbonyl (C=O) groups excluding carboxylic acids is 1. The average molecular weight is 263 g/mol. The minimum atomic E-state index is -0.310. The summed E-state index contributed by atoms with van der Waals surface area (Å²) < 4.78 is 0. The third kappa shape index (κ3) is 5.37. The van der Waals surface area contributed by atoms with Crippen LogP contribution in [0.2, 0.25) is 0 Å². The van der Waals surface area contributed by atoms with Gasteiger partial charge in [0.15, 0.2) is 5.96 Å². The van der Waals surface area contributed by atoms with Crippen LogP contribution in [0.15, 0.2) is 24.5 Å². The summed E-state index contributed by atoms with van der Waals surface area (Å²) in [6, 6.07) is 3.45. The number of hydrogen-bond acceptors (Lipinski definition) is 3. The van der Waals surface area contributed by atoms with Crippen LogP contribution < -0.4 is 11.1 Å². The number of hydrogen-bond donors (Lipinski definition) is 3. The van der Waals surface area contributed by atoms with Crippen LogP contribution in [-0.2, 0) is 6.42 Å². The van der Waals surface area contributed by atoms with Gasteiger partial charge in [0.2, 0.25) is 0 Å². The molecule has 6 heteroatoms. The molecule has 19 heavy (non-hydrogen) atoms. The van der Waals surface area contributed by atoms with E-state index in [2.05, 4.69) is 17.2 Å². The quantitative estimate of drug-likeness (QED) is 0.410. The minimum absolute atomic E-state index is 0.233. The number of urea groups is 1. The Bertz CT molecular complexity index is 407. The molecule has 0 aliphatic heterocycles. The zero-order valence-corrected chi connectivity index (χ0v) is 11.2. The largest absolute Gasteiger partial charge is 0.370 e. The lowest BCUT2D eigenvalue weighted by Crippen LogP contribution is -2.48. The summed E-state index contributed by atoms with van der Waals surface area (Å²) in [7, 11) is 0. The van der Waals surface area contributed by atoms with Gasteiger partial charge in [-0.1, -0.05) is 13.3 Å². The van der Waals surface area contributed by atoms with Crippen molar-refractivity contribution in [2.45, 2.75) is 26.2 Å². The Balaban J connectivity index is 2.48. The molecule has 0 saturated heterocycles. The molecule has 104 valence electrons. The second kappa shape index (κ2) is 8.07. The summed E-state index contributed by atoms with van der Waals surface area (Å²) in [5, 5.41) is 10.2. The van der Waals surface area contributed by atoms with Crippen LogP contribution in [0.1, 0.15) is 25.3 Å². The van der Waals surface area contributed by atoms with Gasteiger partial charge < -0.3 is 11.1 Å². The van der Waals surface area contributed by atoms with Gasteiger partial charge in [-0.25, -0.2) is 4.79 Å². The highest BCUT2D eigenvalue weighted by Crippen LogP contribution is 2.00. The van der Waals surface area contributed by atoms with Gasteiger partial charge >= 0.3 is 6.03 Å². The molecule has 0 aromatic carbocycles. The van der Waals surface area contributed by atoms with Gasteiger partial charge in [0.1, 0.15) is 0 Å². The standard InChI is InChI=1S/C13H21N5O/c1-2-3-7-17-13(19)18(12(14)15)10-6-11-4-8-16-9-5-11/h4-5,8-9H,2-3,6-7,10H2,1H3,(H3,14,15)(H,17,19). The maximum atomic E-state index is 11.9. The molecular formula is C13H21N5O. The number of nitrogens with one attached hydrogen (secondary N) is 2. The van der Waals surface area contributed by atoms with Gasteiger partial charge in [-0.3, -0.25) is 15.3 Å². The summed E-state index contributed by atoms with van der Waals surface area (Å²) in [5.41, 5.74) is 6.50. The highest BCUT2D eigenvalue weighted by Gasteiger charge is 2.15. The molecule has 0 aliphatic carbocycles. The monoisotopic (exact) mass is 263 g/mol. The van der Waals surface area contributed by atoms with Crippen molar-refractivity contribution in [2.75, 3.05) is 13.1 Å². The first-order chi connectivity index (χ1) is 9.15. The van der Waals surface area contributed by atoms with Crippen LogP contribution in [-0.4, -0.2) is 35.0 Å². The molecule has 0 saturated carbocycles. The van der Waals surface area contributed by atoms with E-state index < -0.39 is 0 Å². The predicted octanol–water partition coefficient (Wildman–Crippen LogP) is 1.33. The first-order valence-electron chi connectivity index (χ1n) is 6.43. The molecule has 6 nitrogen and oxygen atoms in total. The van der Waals surface area contributed by atoms with Crippen LogP contribution in [0.3, 0.4) is 0 Å². The molecule has 1 rings (SSSR count). The molecule has 1 aromatic heterocycles. The maximum Gasteiger partial charge on any atom is 0.324 e. The van der Waals surface area contributed by atoms with E-state index in [0.29, 0.717) is 19.5 Å². The molecule has 0 aliphatic rings. The first-order valence-corrected chi connectivity index (χ1v) is 6.43. The van der Waals surface area contributed by atoms with Gasteiger partial charge in [0.25, 0.3) is 0 Å². The summed E-state index contributed by atoms with van der Waals surface area (Å²) in [5.74, 6) is -0.233. The molecule has 0 atom stereocenters. The van der Waals surface area contributed by atoms with E-state index in [1.165, 1.54) is 4.90 Å². The van der Waals surface area contributed by atoms with Crippen molar-refractivity contribution in [3.63, 3.8) is 0 Å². The lowest BCUT2D eigenvalue weighted by atomic mass is 10.2. The van der Waals surface area contributed by atoms with Crippen LogP contribution in [0.5, 0.6) is 0 Å². The molecule has 1 aromatic rings. The molecule has 1 heterocycles. The van der Waals surface area contributed by atoms with E-state index in [9.17, 15) is 4.79 Å². The Kier molecular flexibility index (Phi) is 6.35. The zero-order chi connectivity index (χ0) is 14.1. The molecule has 4 N–H and O–H groups in total. The summed E-state index contributed by atoms with van der Waals surface area (Å²) in [4.78, 5) is 17.0. The number of guanidine groups is 1. The SMILES string of the molecule is CCCCNC(=O)N(CCc1ccncc1)C(=N)N. The van der Waals surface area contributed by atoms with Crippen LogP contribution in [0, 0.1) is 5.41 Å². The van der Waals surface area contributed by atoms with E-state index in [-0.39, 0.29) is 12.0 Å². The average Bonchev–Trinajstić information content (AvgIpc) is 2.40. The Labute approximate surface area is 113 Å². The van der Waals surface area contributed by atoms with Crippen molar-refractivity contribution in [2.24, 2.45) is 5.73 Å². The van der Waals surface area contributed by atoms with Crippen molar-refractivity contribution in [3.05, 3.63) is 30.1 Å². The van der Waals surface area contributed by atoms with Crippen molar-refractivity contribution >= 4 is 12.0 Å². The van der Waals surface area contributed by atoms with Gasteiger partial charge in [0.05, 0.1) is 0 Å². The zero-order valence-electron chi connectivity index (χ0n) is 11.2. The van der Waals surface area contributed by atoms with Crippen LogP contribution in [0.25, 0.3) is 0 Å². The number of carbonyl (C=O) groups is 1. The van der Waals surface area contributed by atoms with Gasteiger partial charge in [-0.05, 0) is 30.5 Å². The minimum Gasteiger partial charge on any atom is -0.370 e. The molecule has 0 fully saturated rings. The normalized spacial score (nSPS) is 9.95. The lowest BCUT2D eigenvalue weighted by molar-refractivity contribution is 0.220. The Morgan fingerprint density at radius 1 is 1.47 bits per heavy atom. The third-order valence-corrected chi connectivity index (χ3v) is 2.72. The van der Waals surface area contributed by atoms with Crippen molar-refractivity contribution in [3.8, 4) is 0 Å².